The van der Waals surface area contributed by atoms with Crippen molar-refractivity contribution < 1.29 is 28.6 Å². The first kappa shape index (κ1) is 71.3. The predicted molar refractivity (Wildman–Crippen MR) is 325 cm³/mol. The molecule has 0 heterocycles. The van der Waals surface area contributed by atoms with Gasteiger partial charge in [-0.15, -0.1) is 0 Å². The number of esters is 3. The predicted octanol–water partition coefficient (Wildman–Crippen LogP) is 21.7. The van der Waals surface area contributed by atoms with Crippen LogP contribution >= 0.6 is 0 Å². The molecule has 0 aliphatic heterocycles. The smallest absolute Gasteiger partial charge is 0.306 e. The summed E-state index contributed by atoms with van der Waals surface area (Å²) in [4.78, 5) is 38.3. The largest absolute Gasteiger partial charge is 0.462 e. The summed E-state index contributed by atoms with van der Waals surface area (Å²) < 4.78 is 16.9. The van der Waals surface area contributed by atoms with E-state index >= 15 is 0 Å². The van der Waals surface area contributed by atoms with Crippen molar-refractivity contribution in [2.45, 2.75) is 309 Å². The molecule has 0 aliphatic carbocycles. The fourth-order valence-corrected chi connectivity index (χ4v) is 8.86. The number of carbonyl (C=O) groups excluding carboxylic acids is 3. The van der Waals surface area contributed by atoms with E-state index < -0.39 is 6.10 Å². The van der Waals surface area contributed by atoms with Crippen molar-refractivity contribution >= 4 is 17.9 Å². The summed E-state index contributed by atoms with van der Waals surface area (Å²) in [6.07, 6.45) is 84.1. The monoisotopic (exact) mass is 1040 g/mol. The van der Waals surface area contributed by atoms with Crippen molar-refractivity contribution in [3.8, 4) is 0 Å². The Labute approximate surface area is 464 Å². The van der Waals surface area contributed by atoms with Crippen LogP contribution in [0.4, 0.5) is 0 Å². The van der Waals surface area contributed by atoms with Gasteiger partial charge in [-0.2, -0.15) is 0 Å². The lowest BCUT2D eigenvalue weighted by Crippen LogP contribution is -2.30. The molecule has 6 nitrogen and oxygen atoms in total. The second-order valence-corrected chi connectivity index (χ2v) is 20.9. The van der Waals surface area contributed by atoms with Crippen molar-refractivity contribution in [3.05, 3.63) is 97.2 Å². The molecule has 0 rings (SSSR count). The molecule has 0 N–H and O–H groups in total. The van der Waals surface area contributed by atoms with Gasteiger partial charge in [0.25, 0.3) is 0 Å². The standard InChI is InChI=1S/C69H118O6/c1-4-7-10-13-16-19-22-25-28-30-32-34-36-38-41-44-47-50-53-56-59-62-68(71)74-65-66(64-73-67(70)61-58-55-52-49-46-43-40-27-24-21-18-15-12-9-6-3)75-69(72)63-60-57-54-51-48-45-42-39-37-35-33-31-29-26-23-20-17-14-11-8-5-2/h7,9-10,12,16,18-19,21,25,27-28,31-34,40,66H,4-6,8,11,13-15,17,20,22-24,26,29-30,35-39,41-65H2,1-3H3/b10-7-,12-9-,19-16-,21-18-,28-25-,33-31-,34-32-,40-27-. The average molecular weight is 1040 g/mol. The van der Waals surface area contributed by atoms with Crippen LogP contribution in [-0.2, 0) is 28.6 Å². The molecule has 0 aromatic heterocycles. The molecule has 0 fully saturated rings. The van der Waals surface area contributed by atoms with Crippen molar-refractivity contribution in [1.29, 1.82) is 0 Å². The Morgan fingerprint density at radius 1 is 0.280 bits per heavy atom. The van der Waals surface area contributed by atoms with Crippen molar-refractivity contribution in [2.24, 2.45) is 0 Å². The van der Waals surface area contributed by atoms with Crippen LogP contribution in [0.2, 0.25) is 0 Å². The van der Waals surface area contributed by atoms with Gasteiger partial charge in [-0.1, -0.05) is 266 Å². The molecule has 0 spiro atoms. The van der Waals surface area contributed by atoms with Crippen LogP contribution in [0.25, 0.3) is 0 Å². The molecule has 0 amide bonds. The highest BCUT2D eigenvalue weighted by Crippen LogP contribution is 2.16. The molecule has 75 heavy (non-hydrogen) atoms. The van der Waals surface area contributed by atoms with E-state index in [0.717, 1.165) is 128 Å². The highest BCUT2D eigenvalue weighted by molar-refractivity contribution is 5.71. The molecule has 0 radical (unpaired) electrons. The zero-order valence-corrected chi connectivity index (χ0v) is 49.3. The molecule has 0 saturated heterocycles. The van der Waals surface area contributed by atoms with Crippen molar-refractivity contribution in [1.82, 2.24) is 0 Å². The highest BCUT2D eigenvalue weighted by atomic mass is 16.6. The van der Waals surface area contributed by atoms with Crippen LogP contribution in [0.5, 0.6) is 0 Å². The SMILES string of the molecule is CC/C=C\C/C=C\C/C=C\C/C=C\CCCCCCCCCCC(=O)OCC(COC(=O)CCCCCCC/C=C\C/C=C\C/C=C\CC)OC(=O)CCCCCCCCCCC/C=C\CCCCCCCCCC. The molecule has 0 aromatic rings. The van der Waals surface area contributed by atoms with Gasteiger partial charge in [0.15, 0.2) is 6.10 Å². The molecule has 430 valence electrons. The first-order valence-corrected chi connectivity index (χ1v) is 31.7. The molecule has 0 aromatic carbocycles. The number of ether oxygens (including phenoxy) is 3. The molecule has 1 atom stereocenters. The Bertz CT molecular complexity index is 1480. The number of unbranched alkanes of at least 4 members (excludes halogenated alkanes) is 30. The van der Waals surface area contributed by atoms with Gasteiger partial charge < -0.3 is 14.2 Å². The summed E-state index contributed by atoms with van der Waals surface area (Å²) in [6, 6.07) is 0. The van der Waals surface area contributed by atoms with Gasteiger partial charge in [0.05, 0.1) is 0 Å². The third kappa shape index (κ3) is 61.1. The van der Waals surface area contributed by atoms with Gasteiger partial charge in [0.2, 0.25) is 0 Å². The Hall–Kier alpha value is -3.67. The van der Waals surface area contributed by atoms with Gasteiger partial charge in [-0.25, -0.2) is 0 Å². The summed E-state index contributed by atoms with van der Waals surface area (Å²) >= 11 is 0. The third-order valence-corrected chi connectivity index (χ3v) is 13.6. The van der Waals surface area contributed by atoms with Crippen LogP contribution in [0, 0.1) is 0 Å². The Morgan fingerprint density at radius 2 is 0.520 bits per heavy atom. The molecule has 0 bridgehead atoms. The molecular formula is C69H118O6. The van der Waals surface area contributed by atoms with E-state index in [2.05, 4.69) is 118 Å². The highest BCUT2D eigenvalue weighted by Gasteiger charge is 2.19. The van der Waals surface area contributed by atoms with E-state index in [0.29, 0.717) is 19.3 Å². The van der Waals surface area contributed by atoms with E-state index in [-0.39, 0.29) is 31.1 Å². The maximum atomic E-state index is 12.9. The number of carbonyl (C=O) groups is 3. The number of hydrogen-bond donors (Lipinski definition) is 0. The summed E-state index contributed by atoms with van der Waals surface area (Å²) in [5.74, 6) is -0.905. The van der Waals surface area contributed by atoms with Crippen LogP contribution < -0.4 is 0 Å². The lowest BCUT2D eigenvalue weighted by atomic mass is 10.1. The zero-order chi connectivity index (χ0) is 54.3. The van der Waals surface area contributed by atoms with Crippen LogP contribution in [0.15, 0.2) is 97.2 Å². The van der Waals surface area contributed by atoms with Crippen molar-refractivity contribution in [3.63, 3.8) is 0 Å². The van der Waals surface area contributed by atoms with E-state index in [1.807, 2.05) is 0 Å². The molecule has 1 unspecified atom stereocenters. The number of rotatable bonds is 57. The minimum atomic E-state index is -0.792. The lowest BCUT2D eigenvalue weighted by molar-refractivity contribution is -0.167. The van der Waals surface area contributed by atoms with E-state index in [1.54, 1.807) is 0 Å². The summed E-state index contributed by atoms with van der Waals surface area (Å²) in [5.41, 5.74) is 0. The lowest BCUT2D eigenvalue weighted by Gasteiger charge is -2.18. The molecule has 0 aliphatic rings. The number of allylic oxidation sites excluding steroid dienone is 16. The van der Waals surface area contributed by atoms with E-state index in [9.17, 15) is 14.4 Å². The van der Waals surface area contributed by atoms with Gasteiger partial charge in [0, 0.05) is 19.3 Å². The maximum absolute atomic E-state index is 12.9. The van der Waals surface area contributed by atoms with Gasteiger partial charge in [0.1, 0.15) is 13.2 Å². The van der Waals surface area contributed by atoms with E-state index in [4.69, 9.17) is 14.2 Å². The molecule has 6 heteroatoms. The second-order valence-electron chi connectivity index (χ2n) is 20.9. The van der Waals surface area contributed by atoms with Crippen LogP contribution in [0.1, 0.15) is 303 Å². The first-order valence-electron chi connectivity index (χ1n) is 31.7. The summed E-state index contributed by atoms with van der Waals surface area (Å²) in [7, 11) is 0. The summed E-state index contributed by atoms with van der Waals surface area (Å²) in [6.45, 7) is 6.42. The van der Waals surface area contributed by atoms with Gasteiger partial charge in [-0.3, -0.25) is 14.4 Å². The summed E-state index contributed by atoms with van der Waals surface area (Å²) in [5, 5.41) is 0. The fourth-order valence-electron chi connectivity index (χ4n) is 8.86. The fraction of sp³-hybridized carbons (Fsp3) is 0.725. The molecule has 0 saturated carbocycles. The minimum absolute atomic E-state index is 0.0879. The van der Waals surface area contributed by atoms with Gasteiger partial charge >= 0.3 is 17.9 Å². The number of hydrogen-bond acceptors (Lipinski definition) is 6. The molecular weight excluding hydrogens is 925 g/mol. The Kier molecular flexibility index (Phi) is 59.8. The van der Waals surface area contributed by atoms with E-state index in [1.165, 1.54) is 135 Å². The first-order chi connectivity index (χ1) is 37.0. The second kappa shape index (κ2) is 62.9. The maximum Gasteiger partial charge on any atom is 0.306 e. The normalized spacial score (nSPS) is 12.7. The topological polar surface area (TPSA) is 78.9 Å². The third-order valence-electron chi connectivity index (χ3n) is 13.6. The average Bonchev–Trinajstić information content (AvgIpc) is 3.41. The zero-order valence-electron chi connectivity index (χ0n) is 49.3. The quantitative estimate of drug-likeness (QED) is 0.0261. The Balaban J connectivity index is 4.39. The minimum Gasteiger partial charge on any atom is -0.462 e. The van der Waals surface area contributed by atoms with Crippen molar-refractivity contribution in [2.75, 3.05) is 13.2 Å². The van der Waals surface area contributed by atoms with Crippen LogP contribution in [-0.4, -0.2) is 37.2 Å². The van der Waals surface area contributed by atoms with Gasteiger partial charge in [-0.05, 0) is 116 Å². The Morgan fingerprint density at radius 3 is 0.827 bits per heavy atom. The van der Waals surface area contributed by atoms with Crippen LogP contribution in [0.3, 0.4) is 0 Å².